The van der Waals surface area contributed by atoms with E-state index in [1.165, 1.54) is 12.1 Å². The number of pyridine rings is 2. The summed E-state index contributed by atoms with van der Waals surface area (Å²) < 4.78 is 41.1. The summed E-state index contributed by atoms with van der Waals surface area (Å²) in [7, 11) is -1.35. The van der Waals surface area contributed by atoms with Gasteiger partial charge >= 0.3 is 13.3 Å². The molecule has 0 aliphatic carbocycles. The Bertz CT molecular complexity index is 1820. The summed E-state index contributed by atoms with van der Waals surface area (Å²) in [5.74, 6) is -0.592. The van der Waals surface area contributed by atoms with Gasteiger partial charge in [-0.2, -0.15) is 13.2 Å². The number of nitrogens with two attached hydrogens (primary N) is 2. The minimum Gasteiger partial charge on any atom is -0.423 e. The Labute approximate surface area is 331 Å². The van der Waals surface area contributed by atoms with Crippen LogP contribution in [0, 0.1) is 18.8 Å². The van der Waals surface area contributed by atoms with E-state index in [0.717, 1.165) is 74.0 Å². The molecule has 0 radical (unpaired) electrons. The molecule has 2 saturated heterocycles. The molecule has 6 N–H and O–H groups in total. The number of benzene rings is 2. The van der Waals surface area contributed by atoms with Crippen molar-refractivity contribution in [2.45, 2.75) is 38.8 Å². The molecule has 6 rings (SSSR count). The molecular formula is C36H39BBr3F3N6O4. The highest BCUT2D eigenvalue weighted by Gasteiger charge is 2.31. The number of aromatic nitrogens is 2. The number of amides is 2. The smallest absolute Gasteiger partial charge is 0.423 e. The minimum absolute atomic E-state index is 0.0191. The van der Waals surface area contributed by atoms with E-state index in [4.69, 9.17) is 21.5 Å². The van der Waals surface area contributed by atoms with E-state index >= 15 is 0 Å². The van der Waals surface area contributed by atoms with Gasteiger partial charge in [0.2, 0.25) is 11.8 Å². The van der Waals surface area contributed by atoms with Crippen molar-refractivity contribution in [2.24, 2.45) is 23.3 Å². The molecule has 2 fully saturated rings. The third kappa shape index (κ3) is 11.7. The number of alkyl halides is 3. The van der Waals surface area contributed by atoms with Crippen molar-refractivity contribution in [1.29, 1.82) is 0 Å². The maximum atomic E-state index is 12.8. The maximum Gasteiger partial charge on any atom is 0.488 e. The number of carbonyl (C=O) groups is 2. The zero-order valence-electron chi connectivity index (χ0n) is 28.7. The molecule has 53 heavy (non-hydrogen) atoms. The van der Waals surface area contributed by atoms with Crippen LogP contribution in [0.1, 0.15) is 36.8 Å². The van der Waals surface area contributed by atoms with Gasteiger partial charge in [-0.25, -0.2) is 0 Å². The number of hydrogen-bond acceptors (Lipinski definition) is 8. The molecule has 10 nitrogen and oxygen atoms in total. The first-order valence-corrected chi connectivity index (χ1v) is 19.1. The topological polar surface area (TPSA) is 159 Å². The summed E-state index contributed by atoms with van der Waals surface area (Å²) >= 11 is 10.5. The molecule has 2 aliphatic rings. The number of hydrogen-bond donors (Lipinski definition) is 4. The van der Waals surface area contributed by atoms with Crippen molar-refractivity contribution in [3.8, 4) is 11.1 Å². The molecule has 0 bridgehead atoms. The van der Waals surface area contributed by atoms with Gasteiger partial charge in [0.1, 0.15) is 0 Å². The Kier molecular flexibility index (Phi) is 15.3. The van der Waals surface area contributed by atoms with Crippen LogP contribution in [-0.4, -0.2) is 65.1 Å². The third-order valence-electron chi connectivity index (χ3n) is 9.03. The molecule has 0 saturated carbocycles. The summed E-state index contributed by atoms with van der Waals surface area (Å²) in [6, 6.07) is 12.1. The maximum absolute atomic E-state index is 12.8. The van der Waals surface area contributed by atoms with Gasteiger partial charge in [0.25, 0.3) is 0 Å². The average Bonchev–Trinajstić information content (AvgIpc) is 3.12. The number of primary amides is 2. The summed E-state index contributed by atoms with van der Waals surface area (Å²) in [6.45, 7) is 4.92. The average molecular weight is 927 g/mol. The van der Waals surface area contributed by atoms with Crippen LogP contribution in [0.4, 0.5) is 24.5 Å². The summed E-state index contributed by atoms with van der Waals surface area (Å²) in [6.07, 6.45) is 5.42. The highest BCUT2D eigenvalue weighted by molar-refractivity contribution is 9.11. The van der Waals surface area contributed by atoms with Crippen molar-refractivity contribution in [3.05, 3.63) is 97.9 Å². The predicted molar refractivity (Wildman–Crippen MR) is 211 cm³/mol. The molecule has 2 amide bonds. The Morgan fingerprint density at radius 3 is 1.55 bits per heavy atom. The van der Waals surface area contributed by atoms with Crippen molar-refractivity contribution >= 4 is 83.6 Å². The number of aryl methyl sites for hydroxylation is 1. The number of nitrogens with zero attached hydrogens (tertiary/aromatic N) is 4. The summed E-state index contributed by atoms with van der Waals surface area (Å²) in [5, 5.41) is 17.3. The minimum atomic E-state index is -4.37. The molecule has 0 spiro atoms. The zero-order valence-corrected chi connectivity index (χ0v) is 33.5. The first-order valence-electron chi connectivity index (χ1n) is 16.7. The number of anilines is 2. The van der Waals surface area contributed by atoms with E-state index < -0.39 is 18.9 Å². The van der Waals surface area contributed by atoms with E-state index in [-0.39, 0.29) is 23.7 Å². The van der Waals surface area contributed by atoms with Gasteiger partial charge in [-0.3, -0.25) is 19.6 Å². The molecular weight excluding hydrogens is 888 g/mol. The summed E-state index contributed by atoms with van der Waals surface area (Å²) in [5.41, 5.74) is 15.0. The van der Waals surface area contributed by atoms with Crippen molar-refractivity contribution in [1.82, 2.24) is 9.97 Å². The van der Waals surface area contributed by atoms with Gasteiger partial charge < -0.3 is 31.3 Å². The van der Waals surface area contributed by atoms with Gasteiger partial charge in [0.05, 0.1) is 30.4 Å². The van der Waals surface area contributed by atoms with Crippen molar-refractivity contribution < 1.29 is 32.8 Å². The lowest BCUT2D eigenvalue weighted by atomic mass is 9.80. The highest BCUT2D eigenvalue weighted by atomic mass is 79.9. The summed E-state index contributed by atoms with van der Waals surface area (Å²) in [4.78, 5) is 35.1. The van der Waals surface area contributed by atoms with Crippen LogP contribution >= 0.6 is 47.8 Å². The van der Waals surface area contributed by atoms with Crippen molar-refractivity contribution in [2.75, 3.05) is 36.0 Å². The normalized spacial score (nSPS) is 15.1. The quantitative estimate of drug-likeness (QED) is 0.166. The highest BCUT2D eigenvalue weighted by Crippen LogP contribution is 2.40. The van der Waals surface area contributed by atoms with E-state index in [2.05, 4.69) is 67.6 Å². The van der Waals surface area contributed by atoms with E-state index in [0.29, 0.717) is 37.0 Å². The lowest BCUT2D eigenvalue weighted by molar-refractivity contribution is -0.137. The van der Waals surface area contributed by atoms with Crippen LogP contribution in [0.3, 0.4) is 0 Å². The van der Waals surface area contributed by atoms with Gasteiger partial charge in [-0.15, -0.1) is 0 Å². The standard InChI is InChI=1S/C18H17BrF3N3O.C11H13Br2N3O.C7H9BO2/c19-15-10-24-9-14(11-1-3-13(4-2-11)18(20,21)22)16(15)25-7-5-12(6-8-25)17(23)26;12-8-5-15-6-9(13)10(8)16-3-1-7(2-4-16)11(14)17;1-6-2-4-7(5-3-6)8(9)10/h1-4,9-10,12H,5-8H2,(H2,23,26);5-7H,1-4H2,(H2,14,17);2-5,9-10H,1H3. The van der Waals surface area contributed by atoms with Crippen molar-refractivity contribution in [3.63, 3.8) is 0 Å². The molecule has 2 aromatic heterocycles. The second-order valence-electron chi connectivity index (χ2n) is 12.7. The van der Waals surface area contributed by atoms with Gasteiger partial charge in [0.15, 0.2) is 0 Å². The van der Waals surface area contributed by atoms with Crippen LogP contribution in [0.5, 0.6) is 0 Å². The fourth-order valence-electron chi connectivity index (χ4n) is 6.02. The van der Waals surface area contributed by atoms with E-state index in [9.17, 15) is 22.8 Å². The van der Waals surface area contributed by atoms with E-state index in [1.54, 1.807) is 36.9 Å². The number of piperidine rings is 2. The zero-order chi connectivity index (χ0) is 38.9. The molecule has 4 aromatic rings. The van der Waals surface area contributed by atoms with Gasteiger partial charge in [-0.1, -0.05) is 42.0 Å². The predicted octanol–water partition coefficient (Wildman–Crippen LogP) is 6.21. The Hall–Kier alpha value is -3.51. The monoisotopic (exact) mass is 924 g/mol. The number of carbonyl (C=O) groups excluding carboxylic acids is 2. The van der Waals surface area contributed by atoms with Gasteiger partial charge in [-0.05, 0) is 104 Å². The molecule has 4 heterocycles. The number of rotatable bonds is 6. The lowest BCUT2D eigenvalue weighted by Crippen LogP contribution is -2.38. The molecule has 2 aromatic carbocycles. The second kappa shape index (κ2) is 19.2. The Morgan fingerprint density at radius 1 is 0.717 bits per heavy atom. The van der Waals surface area contributed by atoms with E-state index in [1.807, 2.05) is 19.1 Å². The third-order valence-corrected chi connectivity index (χ3v) is 10.8. The fraction of sp³-hybridized carbons (Fsp3) is 0.333. The van der Waals surface area contributed by atoms with Crippen LogP contribution < -0.4 is 26.7 Å². The molecule has 0 unspecified atom stereocenters. The first kappa shape index (κ1) is 42.2. The molecule has 2 aliphatic heterocycles. The first-order chi connectivity index (χ1) is 25.1. The fourth-order valence-corrected chi connectivity index (χ4v) is 8.03. The van der Waals surface area contributed by atoms with Crippen LogP contribution in [0.2, 0.25) is 0 Å². The van der Waals surface area contributed by atoms with Crippen LogP contribution in [0.25, 0.3) is 11.1 Å². The Balaban J connectivity index is 0.000000198. The van der Waals surface area contributed by atoms with Crippen LogP contribution in [0.15, 0.2) is 86.7 Å². The SMILES string of the molecule is Cc1ccc(B(O)O)cc1.NC(=O)C1CCN(c2c(Br)cncc2-c2ccc(C(F)(F)F)cc2)CC1.NC(=O)C1CCN(c2c(Br)cncc2Br)CC1. The van der Waals surface area contributed by atoms with Gasteiger partial charge in [0, 0.05) is 68.4 Å². The molecule has 0 atom stereocenters. The second-order valence-corrected chi connectivity index (χ2v) is 15.2. The Morgan fingerprint density at radius 2 is 1.13 bits per heavy atom. The molecule has 282 valence electrons. The molecule has 17 heteroatoms. The largest absolute Gasteiger partial charge is 0.488 e. The lowest BCUT2D eigenvalue weighted by Gasteiger charge is -2.34. The van der Waals surface area contributed by atoms with Crippen LogP contribution in [-0.2, 0) is 15.8 Å². The number of halogens is 6.